The van der Waals surface area contributed by atoms with Gasteiger partial charge in [0.1, 0.15) is 0 Å². The van der Waals surface area contributed by atoms with Crippen LogP contribution in [0, 0.1) is 0 Å². The first-order valence-electron chi connectivity index (χ1n) is 4.61. The van der Waals surface area contributed by atoms with Crippen molar-refractivity contribution in [2.24, 2.45) is 0 Å². The second-order valence-corrected chi connectivity index (χ2v) is 6.17. The molecule has 0 aliphatic carbocycles. The van der Waals surface area contributed by atoms with Gasteiger partial charge in [-0.1, -0.05) is 30.0 Å². The second-order valence-electron chi connectivity index (χ2n) is 3.09. The maximum Gasteiger partial charge on any atom is 0.230 e. The highest BCUT2D eigenvalue weighted by molar-refractivity contribution is 8.01. The van der Waals surface area contributed by atoms with E-state index < -0.39 is 0 Å². The molecule has 1 amide bonds. The molecule has 1 aliphatic rings. The van der Waals surface area contributed by atoms with Gasteiger partial charge in [0, 0.05) is 13.0 Å². The fourth-order valence-electron chi connectivity index (χ4n) is 1.34. The number of amides is 1. The van der Waals surface area contributed by atoms with Crippen LogP contribution in [0.15, 0.2) is 4.34 Å². The molecule has 0 aromatic carbocycles. The van der Waals surface area contributed by atoms with Crippen molar-refractivity contribution >= 4 is 45.7 Å². The van der Waals surface area contributed by atoms with E-state index in [0.29, 0.717) is 18.1 Å². The first-order valence-corrected chi connectivity index (χ1v) is 6.85. The quantitative estimate of drug-likeness (QED) is 0.475. The zero-order valence-corrected chi connectivity index (χ0v) is 10.5. The summed E-state index contributed by atoms with van der Waals surface area (Å²) < 4.78 is 0.901. The number of nitrogens with zero attached hydrogens (tertiary/aromatic N) is 3. The van der Waals surface area contributed by atoms with Crippen LogP contribution in [0.5, 0.6) is 0 Å². The molecule has 0 bridgehead atoms. The number of thioether (sulfide) groups is 1. The molecular formula is C8H10ClN3OS2. The molecule has 0 spiro atoms. The first kappa shape index (κ1) is 11.2. The number of carbonyl (C=O) groups excluding carboxylic acids is 1. The Labute approximate surface area is 101 Å². The molecule has 1 aliphatic heterocycles. The number of rotatable bonds is 3. The van der Waals surface area contributed by atoms with Gasteiger partial charge in [0.2, 0.25) is 11.0 Å². The van der Waals surface area contributed by atoms with Crippen LogP contribution < -0.4 is 4.90 Å². The third kappa shape index (κ3) is 2.43. The zero-order valence-electron chi connectivity index (χ0n) is 8.14. The molecule has 0 N–H and O–H groups in total. The standard InChI is InChI=1S/C8H10ClN3OS2/c1-2-14-8-11-10-7(15-8)12-4-5(9)3-6(12)13/h5H,2-4H2,1H3. The minimum atomic E-state index is -0.0938. The van der Waals surface area contributed by atoms with Gasteiger partial charge in [0.25, 0.3) is 0 Å². The van der Waals surface area contributed by atoms with E-state index in [1.54, 1.807) is 16.7 Å². The van der Waals surface area contributed by atoms with Gasteiger partial charge in [-0.05, 0) is 5.75 Å². The van der Waals surface area contributed by atoms with Crippen LogP contribution in [0.3, 0.4) is 0 Å². The number of hydrogen-bond donors (Lipinski definition) is 0. The molecule has 0 radical (unpaired) electrons. The fourth-order valence-corrected chi connectivity index (χ4v) is 3.38. The monoisotopic (exact) mass is 263 g/mol. The predicted molar refractivity (Wildman–Crippen MR) is 62.9 cm³/mol. The summed E-state index contributed by atoms with van der Waals surface area (Å²) in [5, 5.41) is 8.57. The summed E-state index contributed by atoms with van der Waals surface area (Å²) in [7, 11) is 0. The van der Waals surface area contributed by atoms with Crippen molar-refractivity contribution in [2.75, 3.05) is 17.2 Å². The molecule has 1 saturated heterocycles. The van der Waals surface area contributed by atoms with Gasteiger partial charge in [-0.3, -0.25) is 9.69 Å². The van der Waals surface area contributed by atoms with Gasteiger partial charge in [0.15, 0.2) is 4.34 Å². The van der Waals surface area contributed by atoms with Gasteiger partial charge < -0.3 is 0 Å². The lowest BCUT2D eigenvalue weighted by Gasteiger charge is -2.09. The lowest BCUT2D eigenvalue weighted by Crippen LogP contribution is -2.24. The Hall–Kier alpha value is -0.330. The minimum Gasteiger partial charge on any atom is -0.285 e. The number of alkyl halides is 1. The summed E-state index contributed by atoms with van der Waals surface area (Å²) in [6.45, 7) is 2.60. The van der Waals surface area contributed by atoms with Crippen molar-refractivity contribution in [3.63, 3.8) is 0 Å². The van der Waals surface area contributed by atoms with E-state index in [1.165, 1.54) is 11.3 Å². The highest BCUT2D eigenvalue weighted by atomic mass is 35.5. The maximum absolute atomic E-state index is 11.5. The van der Waals surface area contributed by atoms with Crippen LogP contribution in [-0.2, 0) is 4.79 Å². The predicted octanol–water partition coefficient (Wildman–Crippen LogP) is 1.99. The number of aromatic nitrogens is 2. The number of carbonyl (C=O) groups is 1. The van der Waals surface area contributed by atoms with Crippen LogP contribution in [0.4, 0.5) is 5.13 Å². The van der Waals surface area contributed by atoms with E-state index in [4.69, 9.17) is 11.6 Å². The Morgan fingerprint density at radius 3 is 3.07 bits per heavy atom. The van der Waals surface area contributed by atoms with E-state index in [2.05, 4.69) is 17.1 Å². The normalized spacial score (nSPS) is 21.3. The average Bonchev–Trinajstić information content (AvgIpc) is 2.73. The van der Waals surface area contributed by atoms with Crippen molar-refractivity contribution in [3.8, 4) is 0 Å². The number of anilines is 1. The third-order valence-electron chi connectivity index (χ3n) is 1.97. The van der Waals surface area contributed by atoms with Crippen molar-refractivity contribution in [1.29, 1.82) is 0 Å². The second kappa shape index (κ2) is 4.67. The highest BCUT2D eigenvalue weighted by Crippen LogP contribution is 2.31. The van der Waals surface area contributed by atoms with Crippen LogP contribution in [0.2, 0.25) is 0 Å². The SMILES string of the molecule is CCSc1nnc(N2CC(Cl)CC2=O)s1. The van der Waals surface area contributed by atoms with Gasteiger partial charge in [-0.2, -0.15) is 0 Å². The van der Waals surface area contributed by atoms with Gasteiger partial charge in [-0.25, -0.2) is 0 Å². The molecule has 1 aromatic rings. The Balaban J connectivity index is 2.12. The maximum atomic E-state index is 11.5. The summed E-state index contributed by atoms with van der Waals surface area (Å²) in [5.41, 5.74) is 0. The average molecular weight is 264 g/mol. The summed E-state index contributed by atoms with van der Waals surface area (Å²) >= 11 is 8.99. The van der Waals surface area contributed by atoms with E-state index in [9.17, 15) is 4.79 Å². The van der Waals surface area contributed by atoms with E-state index in [1.807, 2.05) is 0 Å². The fraction of sp³-hybridized carbons (Fsp3) is 0.625. The highest BCUT2D eigenvalue weighted by Gasteiger charge is 2.31. The molecule has 7 heteroatoms. The Morgan fingerprint density at radius 2 is 2.47 bits per heavy atom. The number of halogens is 1. The topological polar surface area (TPSA) is 46.1 Å². The molecule has 82 valence electrons. The largest absolute Gasteiger partial charge is 0.285 e. The molecule has 1 atom stereocenters. The smallest absolute Gasteiger partial charge is 0.230 e. The summed E-state index contributed by atoms with van der Waals surface area (Å²) in [6.07, 6.45) is 0.400. The van der Waals surface area contributed by atoms with Crippen LogP contribution in [-0.4, -0.2) is 33.8 Å². The summed E-state index contributed by atoms with van der Waals surface area (Å²) in [6, 6.07) is 0. The molecule has 2 heterocycles. The van der Waals surface area contributed by atoms with E-state index in [0.717, 1.165) is 10.1 Å². The number of hydrogen-bond acceptors (Lipinski definition) is 5. The van der Waals surface area contributed by atoms with Crippen LogP contribution in [0.25, 0.3) is 0 Å². The Bertz CT molecular complexity index is 371. The van der Waals surface area contributed by atoms with Gasteiger partial charge in [-0.15, -0.1) is 21.8 Å². The molecule has 15 heavy (non-hydrogen) atoms. The van der Waals surface area contributed by atoms with Gasteiger partial charge >= 0.3 is 0 Å². The zero-order chi connectivity index (χ0) is 10.8. The van der Waals surface area contributed by atoms with Crippen molar-refractivity contribution in [3.05, 3.63) is 0 Å². The van der Waals surface area contributed by atoms with Crippen LogP contribution >= 0.6 is 34.7 Å². The van der Waals surface area contributed by atoms with Crippen molar-refractivity contribution in [2.45, 2.75) is 23.1 Å². The minimum absolute atomic E-state index is 0.0409. The molecule has 1 unspecified atom stereocenters. The molecule has 1 aromatic heterocycles. The van der Waals surface area contributed by atoms with E-state index >= 15 is 0 Å². The molecule has 4 nitrogen and oxygen atoms in total. The Kier molecular flexibility index (Phi) is 3.48. The van der Waals surface area contributed by atoms with Crippen molar-refractivity contribution in [1.82, 2.24) is 10.2 Å². The lowest BCUT2D eigenvalue weighted by molar-refractivity contribution is -0.117. The molecule has 1 fully saturated rings. The summed E-state index contributed by atoms with van der Waals surface area (Å²) in [4.78, 5) is 13.1. The summed E-state index contributed by atoms with van der Waals surface area (Å²) in [5.74, 6) is 1.000. The van der Waals surface area contributed by atoms with Crippen LogP contribution in [0.1, 0.15) is 13.3 Å². The first-order chi connectivity index (χ1) is 7.20. The Morgan fingerprint density at radius 1 is 1.67 bits per heavy atom. The molecular weight excluding hydrogens is 254 g/mol. The van der Waals surface area contributed by atoms with E-state index in [-0.39, 0.29) is 11.3 Å². The van der Waals surface area contributed by atoms with Crippen molar-refractivity contribution < 1.29 is 4.79 Å². The lowest BCUT2D eigenvalue weighted by atomic mass is 10.4. The van der Waals surface area contributed by atoms with Gasteiger partial charge in [0.05, 0.1) is 5.38 Å². The third-order valence-corrected chi connectivity index (χ3v) is 4.23. The molecule has 2 rings (SSSR count). The molecule has 0 saturated carbocycles.